The van der Waals surface area contributed by atoms with Crippen molar-refractivity contribution in [1.82, 2.24) is 15.4 Å². The molecule has 0 spiro atoms. The molecule has 0 bridgehead atoms. The van der Waals surface area contributed by atoms with E-state index in [4.69, 9.17) is 4.74 Å². The Morgan fingerprint density at radius 3 is 2.46 bits per heavy atom. The van der Waals surface area contributed by atoms with Gasteiger partial charge in [0.1, 0.15) is 11.8 Å². The third-order valence-corrected chi connectivity index (χ3v) is 6.38. The summed E-state index contributed by atoms with van der Waals surface area (Å²) < 4.78 is 5.34. The van der Waals surface area contributed by atoms with E-state index in [1.54, 1.807) is 7.11 Å². The molecule has 1 heterocycles. The molecule has 0 radical (unpaired) electrons. The van der Waals surface area contributed by atoms with E-state index in [2.05, 4.69) is 15.6 Å². The highest BCUT2D eigenvalue weighted by atomic mass is 16.5. The summed E-state index contributed by atoms with van der Waals surface area (Å²) in [6.45, 7) is 3.89. The number of nitrogens with zero attached hydrogens (tertiary/aromatic N) is 1. The lowest BCUT2D eigenvalue weighted by Crippen LogP contribution is -2.44. The molecule has 0 saturated carbocycles. The van der Waals surface area contributed by atoms with Crippen molar-refractivity contribution in [2.24, 2.45) is 0 Å². The Morgan fingerprint density at radius 1 is 1.05 bits per heavy atom. The van der Waals surface area contributed by atoms with Crippen molar-refractivity contribution in [2.45, 2.75) is 58.4 Å². The predicted molar refractivity (Wildman–Crippen MR) is 143 cm³/mol. The highest BCUT2D eigenvalue weighted by molar-refractivity contribution is 5.98. The summed E-state index contributed by atoms with van der Waals surface area (Å²) in [5.41, 5.74) is 4.40. The molecular formula is C28H36N4O5. The van der Waals surface area contributed by atoms with Gasteiger partial charge in [0.2, 0.25) is 17.7 Å². The number of aromatic amines is 1. The van der Waals surface area contributed by atoms with Crippen molar-refractivity contribution in [3.05, 3.63) is 59.3 Å². The summed E-state index contributed by atoms with van der Waals surface area (Å²) in [5.74, 6) is -0.198. The molecule has 3 amide bonds. The number of hydroxylamine groups is 2. The molecule has 0 aliphatic rings. The number of ether oxygens (including phenoxy) is 1. The molecule has 198 valence electrons. The van der Waals surface area contributed by atoms with Crippen LogP contribution in [0.5, 0.6) is 5.75 Å². The van der Waals surface area contributed by atoms with Crippen molar-refractivity contribution in [2.75, 3.05) is 19.5 Å². The van der Waals surface area contributed by atoms with Crippen molar-refractivity contribution >= 4 is 34.3 Å². The molecule has 0 saturated heterocycles. The molecule has 1 aromatic heterocycles. The molecule has 9 nitrogen and oxygen atoms in total. The largest absolute Gasteiger partial charge is 0.497 e. The van der Waals surface area contributed by atoms with Crippen LogP contribution in [0, 0.1) is 13.8 Å². The maximum atomic E-state index is 13.1. The number of fused-ring (bicyclic) bond motifs is 1. The van der Waals surface area contributed by atoms with E-state index in [1.165, 1.54) is 7.05 Å². The number of nitrogens with one attached hydrogen (secondary N) is 3. The van der Waals surface area contributed by atoms with Gasteiger partial charge in [0.25, 0.3) is 0 Å². The van der Waals surface area contributed by atoms with Gasteiger partial charge < -0.3 is 20.4 Å². The topological polar surface area (TPSA) is 124 Å². The molecular weight excluding hydrogens is 472 g/mol. The number of rotatable bonds is 12. The molecule has 4 N–H and O–H groups in total. The van der Waals surface area contributed by atoms with E-state index in [9.17, 15) is 19.6 Å². The molecule has 0 aliphatic heterocycles. The molecule has 9 heteroatoms. The second-order valence-corrected chi connectivity index (χ2v) is 9.31. The first kappa shape index (κ1) is 27.7. The van der Waals surface area contributed by atoms with Crippen LogP contribution in [-0.4, -0.2) is 53.2 Å². The van der Waals surface area contributed by atoms with Gasteiger partial charge in [0, 0.05) is 35.8 Å². The number of aromatic nitrogens is 1. The zero-order valence-electron chi connectivity index (χ0n) is 21.9. The third kappa shape index (κ3) is 7.82. The Hall–Kier alpha value is -3.85. The van der Waals surface area contributed by atoms with Crippen LogP contribution < -0.4 is 15.4 Å². The number of carbonyl (C=O) groups excluding carboxylic acids is 3. The minimum atomic E-state index is -0.731. The standard InChI is InChI=1S/C28H36N4O5/c1-18-10-12-20(13-11-18)30-28(35)25(8-6-5-7-9-27(34)32(3)36)31-26(33)17-22-19(2)29-24-15-14-21(37-4)16-23(22)24/h10-16,25,29,36H,5-9,17H2,1-4H3,(H,30,35)(H,31,33)/t25-/m0/s1. The first-order valence-electron chi connectivity index (χ1n) is 12.5. The molecule has 2 aromatic carbocycles. The number of amides is 3. The molecule has 0 unspecified atom stereocenters. The van der Waals surface area contributed by atoms with Gasteiger partial charge in [-0.25, -0.2) is 5.06 Å². The van der Waals surface area contributed by atoms with Gasteiger partial charge >= 0.3 is 0 Å². The third-order valence-electron chi connectivity index (χ3n) is 6.38. The fourth-order valence-corrected chi connectivity index (χ4v) is 4.22. The minimum Gasteiger partial charge on any atom is -0.497 e. The number of carbonyl (C=O) groups is 3. The lowest BCUT2D eigenvalue weighted by atomic mass is 10.0. The highest BCUT2D eigenvalue weighted by Gasteiger charge is 2.22. The van der Waals surface area contributed by atoms with Crippen LogP contribution in [0.2, 0.25) is 0 Å². The van der Waals surface area contributed by atoms with Gasteiger partial charge in [-0.05, 0) is 62.6 Å². The number of aryl methyl sites for hydroxylation is 2. The van der Waals surface area contributed by atoms with Gasteiger partial charge in [0.15, 0.2) is 0 Å². The second-order valence-electron chi connectivity index (χ2n) is 9.31. The van der Waals surface area contributed by atoms with Crippen LogP contribution in [0.4, 0.5) is 5.69 Å². The van der Waals surface area contributed by atoms with Crippen molar-refractivity contribution in [1.29, 1.82) is 0 Å². The molecule has 1 atom stereocenters. The Bertz CT molecular complexity index is 1230. The zero-order valence-corrected chi connectivity index (χ0v) is 21.9. The quantitative estimate of drug-likeness (QED) is 0.165. The first-order chi connectivity index (χ1) is 17.7. The molecule has 3 aromatic rings. The van der Waals surface area contributed by atoms with E-state index in [1.807, 2.05) is 56.3 Å². The first-order valence-corrected chi connectivity index (χ1v) is 12.5. The summed E-state index contributed by atoms with van der Waals surface area (Å²) >= 11 is 0. The van der Waals surface area contributed by atoms with Gasteiger partial charge in [-0.15, -0.1) is 0 Å². The maximum absolute atomic E-state index is 13.1. The summed E-state index contributed by atoms with van der Waals surface area (Å²) in [7, 11) is 2.90. The summed E-state index contributed by atoms with van der Waals surface area (Å²) in [6, 6.07) is 12.4. The van der Waals surface area contributed by atoms with E-state index < -0.39 is 6.04 Å². The van der Waals surface area contributed by atoms with Gasteiger partial charge in [-0.2, -0.15) is 0 Å². The van der Waals surface area contributed by atoms with Crippen molar-refractivity contribution in [3.8, 4) is 5.75 Å². The van der Waals surface area contributed by atoms with Gasteiger partial charge in [-0.1, -0.05) is 30.5 Å². The van der Waals surface area contributed by atoms with Crippen LogP contribution in [0.15, 0.2) is 42.5 Å². The average molecular weight is 509 g/mol. The molecule has 37 heavy (non-hydrogen) atoms. The van der Waals surface area contributed by atoms with E-state index >= 15 is 0 Å². The van der Waals surface area contributed by atoms with Crippen LogP contribution in [-0.2, 0) is 20.8 Å². The number of benzene rings is 2. The average Bonchev–Trinajstić information content (AvgIpc) is 3.17. The van der Waals surface area contributed by atoms with Crippen LogP contribution in [0.25, 0.3) is 10.9 Å². The molecule has 0 fully saturated rings. The summed E-state index contributed by atoms with van der Waals surface area (Å²) in [5, 5.41) is 16.5. The fraction of sp³-hybridized carbons (Fsp3) is 0.393. The van der Waals surface area contributed by atoms with Crippen LogP contribution in [0.1, 0.15) is 48.9 Å². The zero-order chi connectivity index (χ0) is 26.9. The summed E-state index contributed by atoms with van der Waals surface area (Å²) in [6.07, 6.45) is 2.67. The summed E-state index contributed by atoms with van der Waals surface area (Å²) in [4.78, 5) is 41.1. The number of anilines is 1. The minimum absolute atomic E-state index is 0.116. The smallest absolute Gasteiger partial charge is 0.246 e. The van der Waals surface area contributed by atoms with Gasteiger partial charge in [-0.3, -0.25) is 19.6 Å². The van der Waals surface area contributed by atoms with Crippen LogP contribution >= 0.6 is 0 Å². The number of hydrogen-bond donors (Lipinski definition) is 4. The lowest BCUT2D eigenvalue weighted by Gasteiger charge is -2.19. The number of hydrogen-bond acceptors (Lipinski definition) is 5. The van der Waals surface area contributed by atoms with E-state index in [0.29, 0.717) is 42.2 Å². The second kappa shape index (κ2) is 12.9. The normalized spacial score (nSPS) is 11.7. The maximum Gasteiger partial charge on any atom is 0.246 e. The highest BCUT2D eigenvalue weighted by Crippen LogP contribution is 2.27. The van der Waals surface area contributed by atoms with E-state index in [-0.39, 0.29) is 30.6 Å². The van der Waals surface area contributed by atoms with Crippen molar-refractivity contribution in [3.63, 3.8) is 0 Å². The monoisotopic (exact) mass is 508 g/mol. The number of methoxy groups -OCH3 is 1. The predicted octanol–water partition coefficient (Wildman–Crippen LogP) is 4.26. The number of H-pyrrole nitrogens is 1. The SMILES string of the molecule is COc1ccc2[nH]c(C)c(CC(=O)N[C@@H](CCCCCC(=O)N(C)O)C(=O)Nc3ccc(C)cc3)c2c1. The van der Waals surface area contributed by atoms with Gasteiger partial charge in [0.05, 0.1) is 13.5 Å². The van der Waals surface area contributed by atoms with Crippen LogP contribution in [0.3, 0.4) is 0 Å². The Balaban J connectivity index is 1.68. The lowest BCUT2D eigenvalue weighted by molar-refractivity contribution is -0.159. The number of unbranched alkanes of at least 4 members (excludes halogenated alkanes) is 2. The van der Waals surface area contributed by atoms with Crippen molar-refractivity contribution < 1.29 is 24.3 Å². The Kier molecular flexibility index (Phi) is 9.68. The van der Waals surface area contributed by atoms with E-state index in [0.717, 1.165) is 27.7 Å². The molecule has 3 rings (SSSR count). The Labute approximate surface area is 217 Å². The Morgan fingerprint density at radius 2 is 1.78 bits per heavy atom. The molecule has 0 aliphatic carbocycles. The fourth-order valence-electron chi connectivity index (χ4n) is 4.22.